The molecule has 6 atom stereocenters. The highest BCUT2D eigenvalue weighted by atomic mass is 35.5. The molecule has 7 rings (SSSR count). The van der Waals surface area contributed by atoms with E-state index in [2.05, 4.69) is 0 Å². The van der Waals surface area contributed by atoms with Gasteiger partial charge in [-0.15, -0.1) is 0 Å². The van der Waals surface area contributed by atoms with Crippen molar-refractivity contribution in [2.24, 2.45) is 29.6 Å². The van der Waals surface area contributed by atoms with Crippen LogP contribution in [0.2, 0.25) is 5.02 Å². The molecule has 4 amide bonds. The van der Waals surface area contributed by atoms with Crippen molar-refractivity contribution >= 4 is 47.0 Å². The van der Waals surface area contributed by atoms with Gasteiger partial charge in [-0.25, -0.2) is 4.90 Å². The number of likely N-dealkylation sites (tertiary alicyclic amines) is 1. The van der Waals surface area contributed by atoms with E-state index in [1.54, 1.807) is 36.4 Å². The number of carbonyl (C=O) groups excluding carboxylic acids is 4. The summed E-state index contributed by atoms with van der Waals surface area (Å²) in [6.07, 6.45) is 6.30. The molecule has 1 N–H and O–H groups in total. The first-order valence-electron chi connectivity index (χ1n) is 15.5. The third kappa shape index (κ3) is 4.43. The Bertz CT molecular complexity index is 1860. The van der Waals surface area contributed by atoms with Crippen LogP contribution in [0.3, 0.4) is 0 Å². The Labute approximate surface area is 277 Å². The molecular formula is C37H33ClN2O7. The third-order valence-electron chi connectivity index (χ3n) is 10.4. The number of methoxy groups -OCH3 is 2. The van der Waals surface area contributed by atoms with Crippen LogP contribution in [0, 0.1) is 29.6 Å². The minimum Gasteiger partial charge on any atom is -0.502 e. The predicted molar refractivity (Wildman–Crippen MR) is 175 cm³/mol. The largest absolute Gasteiger partial charge is 0.502 e. The first-order chi connectivity index (χ1) is 22.6. The molecule has 0 aromatic heterocycles. The fourth-order valence-electron chi connectivity index (χ4n) is 8.36. The Morgan fingerprint density at radius 3 is 2.26 bits per heavy atom. The Morgan fingerprint density at radius 2 is 1.60 bits per heavy atom. The fraction of sp³-hybridized carbons (Fsp3) is 0.297. The van der Waals surface area contributed by atoms with Crippen molar-refractivity contribution in [3.63, 3.8) is 0 Å². The van der Waals surface area contributed by atoms with E-state index in [4.69, 9.17) is 21.1 Å². The fourth-order valence-corrected chi connectivity index (χ4v) is 8.55. The molecule has 240 valence electrons. The van der Waals surface area contributed by atoms with Crippen molar-refractivity contribution in [1.29, 1.82) is 0 Å². The number of hydrogen-bond donors (Lipinski definition) is 1. The second kappa shape index (κ2) is 11.4. The summed E-state index contributed by atoms with van der Waals surface area (Å²) in [6, 6.07) is 19.3. The van der Waals surface area contributed by atoms with Crippen molar-refractivity contribution in [2.45, 2.75) is 18.3 Å². The molecule has 2 aliphatic heterocycles. The molecule has 3 aromatic carbocycles. The van der Waals surface area contributed by atoms with E-state index in [1.807, 2.05) is 48.6 Å². The maximum atomic E-state index is 15.1. The summed E-state index contributed by atoms with van der Waals surface area (Å²) in [4.78, 5) is 58.9. The highest BCUT2D eigenvalue weighted by Gasteiger charge is 2.69. The van der Waals surface area contributed by atoms with Gasteiger partial charge in [-0.3, -0.25) is 24.1 Å². The van der Waals surface area contributed by atoms with E-state index in [9.17, 15) is 19.5 Å². The van der Waals surface area contributed by atoms with Crippen molar-refractivity contribution in [2.75, 3.05) is 26.2 Å². The van der Waals surface area contributed by atoms with Gasteiger partial charge in [0, 0.05) is 18.0 Å². The zero-order chi connectivity index (χ0) is 33.2. The van der Waals surface area contributed by atoms with Gasteiger partial charge in [0.2, 0.25) is 29.4 Å². The number of amides is 4. The molecule has 2 saturated heterocycles. The van der Waals surface area contributed by atoms with E-state index in [0.717, 1.165) is 5.57 Å². The summed E-state index contributed by atoms with van der Waals surface area (Å²) >= 11 is 6.35. The summed E-state index contributed by atoms with van der Waals surface area (Å²) in [7, 11) is 4.39. The topological polar surface area (TPSA) is 113 Å². The van der Waals surface area contributed by atoms with E-state index >= 15 is 4.79 Å². The first-order valence-corrected chi connectivity index (χ1v) is 15.8. The molecule has 0 radical (unpaired) electrons. The molecule has 4 aliphatic rings. The number of ether oxygens (including phenoxy) is 2. The number of anilines is 1. The number of aromatic hydroxyl groups is 1. The Balaban J connectivity index is 1.47. The Kier molecular flexibility index (Phi) is 7.47. The van der Waals surface area contributed by atoms with Gasteiger partial charge in [0.05, 0.1) is 43.1 Å². The quantitative estimate of drug-likeness (QED) is 0.280. The van der Waals surface area contributed by atoms with Crippen molar-refractivity contribution in [3.05, 3.63) is 101 Å². The lowest BCUT2D eigenvalue weighted by Crippen LogP contribution is -2.54. The summed E-state index contributed by atoms with van der Waals surface area (Å²) in [5.74, 6) is -4.08. The van der Waals surface area contributed by atoms with Crippen LogP contribution in [0.4, 0.5) is 5.69 Å². The SMILES string of the molecule is COc1cc(C=CC2C3=CCC4C(=O)N(C)C(=O)C4C3CC3C(=O)N(c4cccc(Cl)c4)C(=O)C23c2ccccc2)cc(OC)c1O. The zero-order valence-electron chi connectivity index (χ0n) is 26.1. The van der Waals surface area contributed by atoms with Gasteiger partial charge in [-0.1, -0.05) is 71.8 Å². The van der Waals surface area contributed by atoms with Gasteiger partial charge in [0.15, 0.2) is 11.5 Å². The van der Waals surface area contributed by atoms with Gasteiger partial charge in [-0.05, 0) is 60.2 Å². The number of imide groups is 2. The highest BCUT2D eigenvalue weighted by molar-refractivity contribution is 6.32. The summed E-state index contributed by atoms with van der Waals surface area (Å²) < 4.78 is 10.8. The number of allylic oxidation sites excluding steroid dienone is 3. The second-order valence-corrected chi connectivity index (χ2v) is 12.9. The molecular weight excluding hydrogens is 620 g/mol. The summed E-state index contributed by atoms with van der Waals surface area (Å²) in [6.45, 7) is 0. The third-order valence-corrected chi connectivity index (χ3v) is 10.7. The normalized spacial score (nSPS) is 28.3. The molecule has 47 heavy (non-hydrogen) atoms. The molecule has 3 aromatic rings. The predicted octanol–water partition coefficient (Wildman–Crippen LogP) is 5.40. The molecule has 3 fully saturated rings. The zero-order valence-corrected chi connectivity index (χ0v) is 26.8. The summed E-state index contributed by atoms with van der Waals surface area (Å²) in [5, 5.41) is 10.9. The van der Waals surface area contributed by atoms with Crippen LogP contribution in [0.15, 0.2) is 84.5 Å². The molecule has 0 spiro atoms. The maximum Gasteiger partial charge on any atom is 0.246 e. The van der Waals surface area contributed by atoms with Gasteiger partial charge in [0.25, 0.3) is 0 Å². The number of benzene rings is 3. The van der Waals surface area contributed by atoms with E-state index in [-0.39, 0.29) is 47.3 Å². The molecule has 2 heterocycles. The van der Waals surface area contributed by atoms with Crippen molar-refractivity contribution in [3.8, 4) is 17.2 Å². The minimum atomic E-state index is -1.37. The number of phenolic OH excluding ortho intramolecular Hbond substituents is 1. The summed E-state index contributed by atoms with van der Waals surface area (Å²) in [5.41, 5.74) is 1.16. The van der Waals surface area contributed by atoms with E-state index in [0.29, 0.717) is 28.3 Å². The average molecular weight is 653 g/mol. The standard InChI is InChI=1S/C37H33ClN2O7/c1-39-33(42)25-14-13-24-26(31(25)35(39)44)19-28-34(43)40(23-11-7-10-22(38)18-23)36(45)37(28,21-8-5-4-6-9-21)27(24)15-12-20-16-29(46-2)32(41)30(17-20)47-3/h4-13,15-18,25-28,31,41H,14,19H2,1-3H3. The van der Waals surface area contributed by atoms with Crippen LogP contribution in [0.5, 0.6) is 17.2 Å². The van der Waals surface area contributed by atoms with Crippen LogP contribution in [-0.2, 0) is 24.6 Å². The van der Waals surface area contributed by atoms with Gasteiger partial charge in [0.1, 0.15) is 0 Å². The average Bonchev–Trinajstić information content (AvgIpc) is 3.45. The second-order valence-electron chi connectivity index (χ2n) is 12.5. The molecule has 1 saturated carbocycles. The van der Waals surface area contributed by atoms with Gasteiger partial charge < -0.3 is 14.6 Å². The van der Waals surface area contributed by atoms with Crippen LogP contribution in [0.25, 0.3) is 6.08 Å². The van der Waals surface area contributed by atoms with Crippen LogP contribution in [0.1, 0.15) is 24.0 Å². The number of rotatable bonds is 6. The van der Waals surface area contributed by atoms with Crippen LogP contribution < -0.4 is 14.4 Å². The molecule has 6 unspecified atom stereocenters. The molecule has 0 bridgehead atoms. The van der Waals surface area contributed by atoms with Gasteiger partial charge >= 0.3 is 0 Å². The first kappa shape index (κ1) is 30.7. The number of carbonyl (C=O) groups is 4. The number of phenols is 1. The monoisotopic (exact) mass is 652 g/mol. The van der Waals surface area contributed by atoms with Gasteiger partial charge in [-0.2, -0.15) is 0 Å². The number of fused-ring (bicyclic) bond motifs is 4. The Morgan fingerprint density at radius 1 is 0.894 bits per heavy atom. The lowest BCUT2D eigenvalue weighted by atomic mass is 9.50. The van der Waals surface area contributed by atoms with Crippen molar-refractivity contribution < 1.29 is 33.8 Å². The smallest absolute Gasteiger partial charge is 0.246 e. The lowest BCUT2D eigenvalue weighted by molar-refractivity contribution is -0.138. The molecule has 9 nitrogen and oxygen atoms in total. The van der Waals surface area contributed by atoms with Crippen LogP contribution in [-0.4, -0.2) is 54.9 Å². The van der Waals surface area contributed by atoms with Crippen LogP contribution >= 0.6 is 11.6 Å². The lowest BCUT2D eigenvalue weighted by Gasteiger charge is -2.49. The van der Waals surface area contributed by atoms with Crippen molar-refractivity contribution in [1.82, 2.24) is 4.90 Å². The molecule has 10 heteroatoms. The van der Waals surface area contributed by atoms with E-state index in [1.165, 1.54) is 31.1 Å². The van der Waals surface area contributed by atoms with E-state index < -0.39 is 35.0 Å². The number of nitrogens with zero attached hydrogens (tertiary/aromatic N) is 2. The molecule has 2 aliphatic carbocycles. The number of hydrogen-bond acceptors (Lipinski definition) is 7. The maximum absolute atomic E-state index is 15.1. The Hall–Kier alpha value is -4.89. The minimum absolute atomic E-state index is 0.144. The highest BCUT2D eigenvalue weighted by Crippen LogP contribution is 2.62. The number of halogens is 1.